The number of nitrogens with zero attached hydrogens (tertiary/aromatic N) is 3. The van der Waals surface area contributed by atoms with Crippen molar-refractivity contribution >= 4 is 28.4 Å². The predicted molar refractivity (Wildman–Crippen MR) is 84.8 cm³/mol. The number of nitrogen functional groups attached to an aromatic ring is 2. The van der Waals surface area contributed by atoms with Crippen LogP contribution in [0, 0.1) is 0 Å². The zero-order chi connectivity index (χ0) is 14.5. The topological polar surface area (TPSA) is 80.0 Å². The molecular weight excluding hydrogens is 250 g/mol. The van der Waals surface area contributed by atoms with Gasteiger partial charge in [0.2, 0.25) is 0 Å². The number of anilines is 3. The number of azo groups is 1. The third-order valence-electron chi connectivity index (χ3n) is 3.09. The quantitative estimate of drug-likeness (QED) is 0.655. The molecule has 0 saturated carbocycles. The average Bonchev–Trinajstić information content (AvgIpc) is 2.46. The largest absolute Gasteiger partial charge is 0.399 e. The number of rotatable bonds is 4. The van der Waals surface area contributed by atoms with Gasteiger partial charge in [-0.05, 0) is 49.4 Å². The summed E-state index contributed by atoms with van der Waals surface area (Å²) in [5.41, 5.74) is 15.2. The second kappa shape index (κ2) is 6.06. The van der Waals surface area contributed by atoms with Crippen LogP contribution in [0.25, 0.3) is 0 Å². The van der Waals surface area contributed by atoms with Gasteiger partial charge in [-0.15, -0.1) is 5.11 Å². The molecule has 5 nitrogen and oxygen atoms in total. The van der Waals surface area contributed by atoms with E-state index in [0.717, 1.165) is 17.9 Å². The summed E-state index contributed by atoms with van der Waals surface area (Å²) in [5.74, 6) is 0. The van der Waals surface area contributed by atoms with Crippen LogP contribution in [0.15, 0.2) is 52.7 Å². The van der Waals surface area contributed by atoms with E-state index in [1.54, 1.807) is 18.2 Å². The van der Waals surface area contributed by atoms with Gasteiger partial charge in [0.25, 0.3) is 0 Å². The molecule has 0 heterocycles. The fraction of sp³-hybridized carbons (Fsp3) is 0.200. The molecule has 0 fully saturated rings. The molecular formula is C15H19N5. The van der Waals surface area contributed by atoms with Crippen molar-refractivity contribution in [3.8, 4) is 0 Å². The van der Waals surface area contributed by atoms with Gasteiger partial charge in [-0.1, -0.05) is 0 Å². The highest BCUT2D eigenvalue weighted by Crippen LogP contribution is 2.27. The van der Waals surface area contributed by atoms with Gasteiger partial charge in [-0.25, -0.2) is 0 Å². The highest BCUT2D eigenvalue weighted by molar-refractivity contribution is 5.67. The Hall–Kier alpha value is -2.56. The number of hydrogen-bond donors (Lipinski definition) is 2. The van der Waals surface area contributed by atoms with Crippen molar-refractivity contribution in [3.63, 3.8) is 0 Å². The molecule has 2 aromatic rings. The van der Waals surface area contributed by atoms with E-state index < -0.39 is 0 Å². The lowest BCUT2D eigenvalue weighted by molar-refractivity contribution is 0.968. The molecule has 0 spiro atoms. The van der Waals surface area contributed by atoms with Crippen molar-refractivity contribution < 1.29 is 0 Å². The zero-order valence-corrected chi connectivity index (χ0v) is 11.7. The average molecular weight is 269 g/mol. The fourth-order valence-corrected chi connectivity index (χ4v) is 1.73. The van der Waals surface area contributed by atoms with Crippen molar-refractivity contribution in [2.75, 3.05) is 30.0 Å². The monoisotopic (exact) mass is 269 g/mol. The van der Waals surface area contributed by atoms with E-state index in [4.69, 9.17) is 11.5 Å². The van der Waals surface area contributed by atoms with Gasteiger partial charge < -0.3 is 16.4 Å². The van der Waals surface area contributed by atoms with Crippen molar-refractivity contribution in [2.24, 2.45) is 10.2 Å². The third-order valence-corrected chi connectivity index (χ3v) is 3.09. The Morgan fingerprint density at radius 1 is 1.00 bits per heavy atom. The third kappa shape index (κ3) is 3.26. The maximum absolute atomic E-state index is 5.83. The minimum atomic E-state index is 0.524. The smallest absolute Gasteiger partial charge is 0.109 e. The fourth-order valence-electron chi connectivity index (χ4n) is 1.73. The minimum Gasteiger partial charge on any atom is -0.399 e. The van der Waals surface area contributed by atoms with Crippen LogP contribution in [-0.4, -0.2) is 13.6 Å². The molecule has 0 amide bonds. The molecule has 2 aromatic carbocycles. The Kier molecular flexibility index (Phi) is 4.20. The van der Waals surface area contributed by atoms with E-state index in [1.807, 2.05) is 31.3 Å². The summed E-state index contributed by atoms with van der Waals surface area (Å²) in [6.07, 6.45) is 0. The molecule has 0 atom stereocenters. The van der Waals surface area contributed by atoms with Crippen LogP contribution in [0.1, 0.15) is 6.92 Å². The maximum Gasteiger partial charge on any atom is 0.109 e. The van der Waals surface area contributed by atoms with Gasteiger partial charge >= 0.3 is 0 Å². The van der Waals surface area contributed by atoms with E-state index in [-0.39, 0.29) is 0 Å². The van der Waals surface area contributed by atoms with E-state index in [0.29, 0.717) is 17.1 Å². The molecule has 0 unspecified atom stereocenters. The first kappa shape index (κ1) is 13.9. The summed E-state index contributed by atoms with van der Waals surface area (Å²) in [6.45, 7) is 3.07. The van der Waals surface area contributed by atoms with E-state index in [2.05, 4.69) is 22.1 Å². The normalized spacial score (nSPS) is 10.9. The van der Waals surface area contributed by atoms with E-state index >= 15 is 0 Å². The summed E-state index contributed by atoms with van der Waals surface area (Å²) in [5, 5.41) is 8.32. The molecule has 0 aliphatic rings. The van der Waals surface area contributed by atoms with Crippen LogP contribution < -0.4 is 16.4 Å². The van der Waals surface area contributed by atoms with Crippen LogP contribution in [0.2, 0.25) is 0 Å². The number of benzene rings is 2. The molecule has 5 heteroatoms. The number of nitrogens with two attached hydrogens (primary N) is 2. The van der Waals surface area contributed by atoms with Gasteiger partial charge in [-0.2, -0.15) is 5.11 Å². The van der Waals surface area contributed by atoms with Crippen molar-refractivity contribution in [3.05, 3.63) is 42.5 Å². The van der Waals surface area contributed by atoms with Crippen molar-refractivity contribution in [1.82, 2.24) is 0 Å². The van der Waals surface area contributed by atoms with Crippen LogP contribution in [0.4, 0.5) is 28.4 Å². The zero-order valence-electron chi connectivity index (χ0n) is 11.7. The van der Waals surface area contributed by atoms with Gasteiger partial charge in [0.1, 0.15) is 5.69 Å². The maximum atomic E-state index is 5.83. The van der Waals surface area contributed by atoms with Crippen molar-refractivity contribution in [1.29, 1.82) is 0 Å². The first-order valence-electron chi connectivity index (χ1n) is 6.48. The SMILES string of the molecule is CCN(C)c1ccc(N=Nc2ccc(N)cc2N)cc1. The van der Waals surface area contributed by atoms with Gasteiger partial charge in [0.05, 0.1) is 11.4 Å². The Bertz CT molecular complexity index is 604. The molecule has 0 saturated heterocycles. The summed E-state index contributed by atoms with van der Waals surface area (Å²) in [6, 6.07) is 13.1. The van der Waals surface area contributed by atoms with Crippen LogP contribution in [0.3, 0.4) is 0 Å². The van der Waals surface area contributed by atoms with Gasteiger partial charge in [-0.3, -0.25) is 0 Å². The molecule has 104 valence electrons. The lowest BCUT2D eigenvalue weighted by atomic mass is 10.2. The Labute approximate surface area is 118 Å². The van der Waals surface area contributed by atoms with Gasteiger partial charge in [0.15, 0.2) is 0 Å². The summed E-state index contributed by atoms with van der Waals surface area (Å²) >= 11 is 0. The molecule has 4 N–H and O–H groups in total. The second-order valence-electron chi connectivity index (χ2n) is 4.55. The lowest BCUT2D eigenvalue weighted by Crippen LogP contribution is -2.15. The standard InChI is InChI=1S/C15H19N5/c1-3-20(2)13-7-5-12(6-8-13)18-19-15-9-4-11(16)10-14(15)17/h4-10H,3,16-17H2,1-2H3. The van der Waals surface area contributed by atoms with Crippen molar-refractivity contribution in [2.45, 2.75) is 6.92 Å². The summed E-state index contributed by atoms with van der Waals surface area (Å²) in [4.78, 5) is 2.15. The first-order valence-corrected chi connectivity index (χ1v) is 6.48. The molecule has 0 aromatic heterocycles. The van der Waals surface area contributed by atoms with Crippen LogP contribution in [-0.2, 0) is 0 Å². The van der Waals surface area contributed by atoms with E-state index in [1.165, 1.54) is 0 Å². The summed E-state index contributed by atoms with van der Waals surface area (Å²) in [7, 11) is 2.05. The van der Waals surface area contributed by atoms with Gasteiger partial charge in [0, 0.05) is 25.0 Å². The summed E-state index contributed by atoms with van der Waals surface area (Å²) < 4.78 is 0. The highest BCUT2D eigenvalue weighted by Gasteiger charge is 1.99. The van der Waals surface area contributed by atoms with Crippen LogP contribution >= 0.6 is 0 Å². The minimum absolute atomic E-state index is 0.524. The Morgan fingerprint density at radius 2 is 1.70 bits per heavy atom. The Morgan fingerprint density at radius 3 is 2.30 bits per heavy atom. The molecule has 2 rings (SSSR count). The Balaban J connectivity index is 2.15. The van der Waals surface area contributed by atoms with E-state index in [9.17, 15) is 0 Å². The second-order valence-corrected chi connectivity index (χ2v) is 4.55. The predicted octanol–water partition coefficient (Wildman–Crippen LogP) is 3.72. The molecule has 0 aliphatic carbocycles. The number of hydrogen-bond acceptors (Lipinski definition) is 5. The molecule has 20 heavy (non-hydrogen) atoms. The lowest BCUT2D eigenvalue weighted by Gasteiger charge is -2.16. The van der Waals surface area contributed by atoms with Crippen LogP contribution in [0.5, 0.6) is 0 Å². The molecule has 0 aliphatic heterocycles. The first-order chi connectivity index (χ1) is 9.60. The highest BCUT2D eigenvalue weighted by atomic mass is 15.1. The molecule has 0 bridgehead atoms. The molecule has 0 radical (unpaired) electrons.